The highest BCUT2D eigenvalue weighted by atomic mass is 35.5. The van der Waals surface area contributed by atoms with Crippen LogP contribution >= 0.6 is 11.6 Å². The number of benzene rings is 2. The minimum absolute atomic E-state index is 0.0831. The van der Waals surface area contributed by atoms with E-state index in [1.54, 1.807) is 22.5 Å². The summed E-state index contributed by atoms with van der Waals surface area (Å²) in [6, 6.07) is 14.1. The van der Waals surface area contributed by atoms with Crippen molar-refractivity contribution in [2.24, 2.45) is 0 Å². The Balaban J connectivity index is 1.44. The molecule has 2 aromatic carbocycles. The zero-order valence-electron chi connectivity index (χ0n) is 17.4. The van der Waals surface area contributed by atoms with Gasteiger partial charge in [-0.2, -0.15) is 4.31 Å². The van der Waals surface area contributed by atoms with Gasteiger partial charge in [0.05, 0.1) is 4.90 Å². The molecule has 1 unspecified atom stereocenters. The van der Waals surface area contributed by atoms with Gasteiger partial charge in [-0.05, 0) is 68.1 Å². The standard InChI is InChI=1S/C23H26ClN3O3S/c1-17(23(28)25-12-10-18-4-6-20(24)7-5-18)27-15-11-19-16-21(8-9-22(19)27)31(29,30)26-13-2-3-14-26/h4-9,11,15-17H,2-3,10,12-14H2,1H3,(H,25,28). The molecular formula is C23H26ClN3O3S. The van der Waals surface area contributed by atoms with Crippen molar-refractivity contribution in [1.29, 1.82) is 0 Å². The normalized spacial score (nSPS) is 15.9. The fourth-order valence-corrected chi connectivity index (χ4v) is 5.65. The topological polar surface area (TPSA) is 71.4 Å². The maximum absolute atomic E-state index is 12.8. The van der Waals surface area contributed by atoms with E-state index in [0.29, 0.717) is 29.6 Å². The molecule has 0 bridgehead atoms. The SMILES string of the molecule is CC(C(=O)NCCc1ccc(Cl)cc1)n1ccc2cc(S(=O)(=O)N3CCCC3)ccc21. The van der Waals surface area contributed by atoms with Crippen LogP contribution in [0.2, 0.25) is 5.02 Å². The molecular weight excluding hydrogens is 434 g/mol. The van der Waals surface area contributed by atoms with Crippen molar-refractivity contribution in [3.8, 4) is 0 Å². The van der Waals surface area contributed by atoms with Gasteiger partial charge in [0.1, 0.15) is 6.04 Å². The van der Waals surface area contributed by atoms with E-state index in [1.807, 2.05) is 48.0 Å². The minimum atomic E-state index is -3.46. The average Bonchev–Trinajstić information content (AvgIpc) is 3.44. The molecule has 2 heterocycles. The van der Waals surface area contributed by atoms with Gasteiger partial charge in [0.15, 0.2) is 0 Å². The van der Waals surface area contributed by atoms with E-state index in [0.717, 1.165) is 35.7 Å². The number of sulfonamides is 1. The second-order valence-corrected chi connectivity index (χ2v) is 10.3. The number of hydrogen-bond acceptors (Lipinski definition) is 3. The Morgan fingerprint density at radius 3 is 2.52 bits per heavy atom. The molecule has 6 nitrogen and oxygen atoms in total. The third-order valence-corrected chi connectivity index (χ3v) is 7.96. The van der Waals surface area contributed by atoms with Crippen molar-refractivity contribution in [1.82, 2.24) is 14.2 Å². The first kappa shape index (κ1) is 21.9. The molecule has 1 aliphatic rings. The fraction of sp³-hybridized carbons (Fsp3) is 0.348. The summed E-state index contributed by atoms with van der Waals surface area (Å²) in [7, 11) is -3.46. The monoisotopic (exact) mass is 459 g/mol. The summed E-state index contributed by atoms with van der Waals surface area (Å²) in [5.74, 6) is -0.0831. The molecule has 1 N–H and O–H groups in total. The second-order valence-electron chi connectivity index (χ2n) is 7.90. The van der Waals surface area contributed by atoms with E-state index >= 15 is 0 Å². The number of fused-ring (bicyclic) bond motifs is 1. The number of halogens is 1. The van der Waals surface area contributed by atoms with Crippen LogP contribution in [0.1, 0.15) is 31.4 Å². The van der Waals surface area contributed by atoms with Crippen LogP contribution in [0.15, 0.2) is 59.6 Å². The van der Waals surface area contributed by atoms with Gasteiger partial charge in [-0.1, -0.05) is 23.7 Å². The number of rotatable bonds is 7. The predicted molar refractivity (Wildman–Crippen MR) is 123 cm³/mol. The molecule has 8 heteroatoms. The van der Waals surface area contributed by atoms with Gasteiger partial charge in [-0.25, -0.2) is 8.42 Å². The van der Waals surface area contributed by atoms with Gasteiger partial charge in [0, 0.05) is 41.8 Å². The third kappa shape index (κ3) is 4.63. The molecule has 0 saturated carbocycles. The highest BCUT2D eigenvalue weighted by molar-refractivity contribution is 7.89. The lowest BCUT2D eigenvalue weighted by Gasteiger charge is -2.17. The highest BCUT2D eigenvalue weighted by Gasteiger charge is 2.27. The molecule has 0 radical (unpaired) electrons. The number of carbonyl (C=O) groups excluding carboxylic acids is 1. The largest absolute Gasteiger partial charge is 0.354 e. The Morgan fingerprint density at radius 2 is 1.81 bits per heavy atom. The zero-order chi connectivity index (χ0) is 22.0. The lowest BCUT2D eigenvalue weighted by molar-refractivity contribution is -0.123. The smallest absolute Gasteiger partial charge is 0.243 e. The third-order valence-electron chi connectivity index (χ3n) is 5.82. The summed E-state index contributed by atoms with van der Waals surface area (Å²) in [5, 5.41) is 4.47. The Bertz CT molecular complexity index is 1180. The van der Waals surface area contributed by atoms with E-state index < -0.39 is 16.1 Å². The number of aromatic nitrogens is 1. The quantitative estimate of drug-likeness (QED) is 0.580. The van der Waals surface area contributed by atoms with Crippen LogP contribution in [0.4, 0.5) is 0 Å². The van der Waals surface area contributed by atoms with Gasteiger partial charge in [-0.15, -0.1) is 0 Å². The Kier molecular flexibility index (Phi) is 6.36. The molecule has 1 aliphatic heterocycles. The van der Waals surface area contributed by atoms with E-state index in [4.69, 9.17) is 11.6 Å². The Hall–Kier alpha value is -2.35. The van der Waals surface area contributed by atoms with E-state index in [1.165, 1.54) is 0 Å². The van der Waals surface area contributed by atoms with Gasteiger partial charge in [0.25, 0.3) is 0 Å². The summed E-state index contributed by atoms with van der Waals surface area (Å²) < 4.78 is 29.1. The highest BCUT2D eigenvalue weighted by Crippen LogP contribution is 2.27. The Morgan fingerprint density at radius 1 is 1.10 bits per heavy atom. The molecule has 0 aliphatic carbocycles. The summed E-state index contributed by atoms with van der Waals surface area (Å²) in [5.41, 5.74) is 1.94. The predicted octanol–water partition coefficient (Wildman–Crippen LogP) is 4.00. The van der Waals surface area contributed by atoms with Crippen molar-refractivity contribution in [3.05, 3.63) is 65.3 Å². The summed E-state index contributed by atoms with van der Waals surface area (Å²) in [6.07, 6.45) is 4.37. The second kappa shape index (κ2) is 9.02. The number of amides is 1. The minimum Gasteiger partial charge on any atom is -0.354 e. The van der Waals surface area contributed by atoms with Gasteiger partial charge >= 0.3 is 0 Å². The van der Waals surface area contributed by atoms with E-state index in [2.05, 4.69) is 5.32 Å². The van der Waals surface area contributed by atoms with Crippen LogP contribution in [-0.2, 0) is 21.2 Å². The molecule has 4 rings (SSSR count). The number of nitrogens with one attached hydrogen (secondary N) is 1. The average molecular weight is 460 g/mol. The first-order valence-electron chi connectivity index (χ1n) is 10.5. The molecule has 1 atom stereocenters. The van der Waals surface area contributed by atoms with Gasteiger partial charge in [0.2, 0.25) is 15.9 Å². The van der Waals surface area contributed by atoms with Crippen LogP contribution in [0.3, 0.4) is 0 Å². The van der Waals surface area contributed by atoms with Crippen molar-refractivity contribution in [2.75, 3.05) is 19.6 Å². The zero-order valence-corrected chi connectivity index (χ0v) is 19.0. The molecule has 3 aromatic rings. The lowest BCUT2D eigenvalue weighted by Crippen LogP contribution is -2.32. The lowest BCUT2D eigenvalue weighted by atomic mass is 10.1. The number of nitrogens with zero attached hydrogens (tertiary/aromatic N) is 2. The van der Waals surface area contributed by atoms with Crippen LogP contribution in [-0.4, -0.2) is 42.8 Å². The maximum atomic E-state index is 12.8. The summed E-state index contributed by atoms with van der Waals surface area (Å²) in [4.78, 5) is 13.0. The van der Waals surface area contributed by atoms with Crippen LogP contribution in [0, 0.1) is 0 Å². The molecule has 31 heavy (non-hydrogen) atoms. The first-order chi connectivity index (χ1) is 14.9. The molecule has 1 fully saturated rings. The van der Waals surface area contributed by atoms with Crippen LogP contribution in [0.5, 0.6) is 0 Å². The van der Waals surface area contributed by atoms with Gasteiger partial charge < -0.3 is 9.88 Å². The van der Waals surface area contributed by atoms with Crippen molar-refractivity contribution >= 4 is 38.4 Å². The summed E-state index contributed by atoms with van der Waals surface area (Å²) >= 11 is 5.90. The fourth-order valence-electron chi connectivity index (χ4n) is 3.97. The molecule has 1 saturated heterocycles. The first-order valence-corrected chi connectivity index (χ1v) is 12.3. The van der Waals surface area contributed by atoms with Crippen molar-refractivity contribution in [2.45, 2.75) is 37.1 Å². The van der Waals surface area contributed by atoms with Crippen LogP contribution < -0.4 is 5.32 Å². The van der Waals surface area contributed by atoms with Crippen molar-refractivity contribution in [3.63, 3.8) is 0 Å². The molecule has 1 amide bonds. The number of hydrogen-bond donors (Lipinski definition) is 1. The van der Waals surface area contributed by atoms with E-state index in [9.17, 15) is 13.2 Å². The molecule has 1 aromatic heterocycles. The summed E-state index contributed by atoms with van der Waals surface area (Å²) in [6.45, 7) is 3.53. The van der Waals surface area contributed by atoms with Crippen LogP contribution in [0.25, 0.3) is 10.9 Å². The maximum Gasteiger partial charge on any atom is 0.243 e. The Labute approximate surface area is 187 Å². The van der Waals surface area contributed by atoms with Gasteiger partial charge in [-0.3, -0.25) is 4.79 Å². The van der Waals surface area contributed by atoms with E-state index in [-0.39, 0.29) is 5.91 Å². The number of carbonyl (C=O) groups is 1. The molecule has 0 spiro atoms. The van der Waals surface area contributed by atoms with Crippen molar-refractivity contribution < 1.29 is 13.2 Å². The molecule has 164 valence electrons.